The van der Waals surface area contributed by atoms with Gasteiger partial charge in [-0.15, -0.1) is 6.58 Å². The average molecular weight is 184 g/mol. The largest absolute Gasteiger partial charge is 0.334 e. The van der Waals surface area contributed by atoms with E-state index in [4.69, 9.17) is 5.73 Å². The van der Waals surface area contributed by atoms with E-state index in [-0.39, 0.29) is 11.4 Å². The van der Waals surface area contributed by atoms with E-state index in [2.05, 4.69) is 6.58 Å². The van der Waals surface area contributed by atoms with E-state index in [1.165, 1.54) is 0 Å². The summed E-state index contributed by atoms with van der Waals surface area (Å²) in [4.78, 5) is 13.4. The Morgan fingerprint density at radius 2 is 2.08 bits per heavy atom. The summed E-state index contributed by atoms with van der Waals surface area (Å²) in [6.07, 6.45) is 2.14. The summed E-state index contributed by atoms with van der Waals surface area (Å²) in [6, 6.07) is 0. The van der Waals surface area contributed by atoms with Crippen molar-refractivity contribution in [1.82, 2.24) is 4.90 Å². The molecule has 0 saturated carbocycles. The van der Waals surface area contributed by atoms with Gasteiger partial charge in [-0.2, -0.15) is 0 Å². The van der Waals surface area contributed by atoms with E-state index < -0.39 is 0 Å². The van der Waals surface area contributed by atoms with Crippen molar-refractivity contribution in [3.8, 4) is 0 Å². The Labute approximate surface area is 80.6 Å². The maximum absolute atomic E-state index is 11.6. The lowest BCUT2D eigenvalue weighted by Gasteiger charge is -2.35. The normalized spacial score (nSPS) is 11.1. The third-order valence-corrected chi connectivity index (χ3v) is 1.78. The first kappa shape index (κ1) is 12.2. The van der Waals surface area contributed by atoms with Crippen molar-refractivity contribution in [3.63, 3.8) is 0 Å². The van der Waals surface area contributed by atoms with Crippen LogP contribution in [0.4, 0.5) is 0 Å². The van der Waals surface area contributed by atoms with Gasteiger partial charge in [-0.25, -0.2) is 0 Å². The summed E-state index contributed by atoms with van der Waals surface area (Å²) in [5.74, 6) is 0.0925. The molecule has 0 aliphatic rings. The van der Waals surface area contributed by atoms with E-state index in [1.54, 1.807) is 11.0 Å². The Morgan fingerprint density at radius 3 is 2.38 bits per heavy atom. The molecule has 0 spiro atoms. The van der Waals surface area contributed by atoms with E-state index in [1.807, 2.05) is 20.8 Å². The molecule has 0 fully saturated rings. The van der Waals surface area contributed by atoms with Crippen molar-refractivity contribution in [2.75, 3.05) is 13.1 Å². The van der Waals surface area contributed by atoms with Gasteiger partial charge < -0.3 is 10.6 Å². The highest BCUT2D eigenvalue weighted by Gasteiger charge is 2.24. The molecule has 13 heavy (non-hydrogen) atoms. The highest BCUT2D eigenvalue weighted by Crippen LogP contribution is 2.13. The van der Waals surface area contributed by atoms with Crippen molar-refractivity contribution < 1.29 is 4.79 Å². The molecule has 0 aromatic carbocycles. The summed E-state index contributed by atoms with van der Waals surface area (Å²) in [6.45, 7) is 10.6. The molecular weight excluding hydrogens is 164 g/mol. The van der Waals surface area contributed by atoms with Gasteiger partial charge in [0.15, 0.2) is 0 Å². The maximum Gasteiger partial charge on any atom is 0.224 e. The lowest BCUT2D eigenvalue weighted by atomic mass is 10.1. The van der Waals surface area contributed by atoms with Crippen LogP contribution < -0.4 is 5.73 Å². The quantitative estimate of drug-likeness (QED) is 0.666. The fourth-order valence-electron chi connectivity index (χ4n) is 1.14. The molecular formula is C10H20N2O. The molecule has 0 bridgehead atoms. The minimum Gasteiger partial charge on any atom is -0.334 e. The lowest BCUT2D eigenvalue weighted by Crippen LogP contribution is -2.46. The second-order valence-electron chi connectivity index (χ2n) is 4.00. The molecule has 3 heteroatoms. The molecule has 2 N–H and O–H groups in total. The SMILES string of the molecule is C=CCN(C(=O)CCN)C(C)(C)C. The van der Waals surface area contributed by atoms with Crippen LogP contribution in [0.2, 0.25) is 0 Å². The van der Waals surface area contributed by atoms with E-state index in [0.29, 0.717) is 19.5 Å². The molecule has 0 aromatic rings. The molecule has 76 valence electrons. The van der Waals surface area contributed by atoms with Crippen LogP contribution in [0.1, 0.15) is 27.2 Å². The van der Waals surface area contributed by atoms with Gasteiger partial charge in [0.2, 0.25) is 5.91 Å². The number of carbonyl (C=O) groups excluding carboxylic acids is 1. The second-order valence-corrected chi connectivity index (χ2v) is 4.00. The fraction of sp³-hybridized carbons (Fsp3) is 0.700. The number of nitrogens with two attached hydrogens (primary N) is 1. The van der Waals surface area contributed by atoms with Gasteiger partial charge in [-0.1, -0.05) is 6.08 Å². The third-order valence-electron chi connectivity index (χ3n) is 1.78. The molecule has 0 heterocycles. The van der Waals surface area contributed by atoms with Gasteiger partial charge in [0.05, 0.1) is 0 Å². The van der Waals surface area contributed by atoms with Crippen LogP contribution in [0.25, 0.3) is 0 Å². The van der Waals surface area contributed by atoms with Gasteiger partial charge in [-0.3, -0.25) is 4.79 Å². The molecule has 0 unspecified atom stereocenters. The van der Waals surface area contributed by atoms with Crippen molar-refractivity contribution >= 4 is 5.91 Å². The molecule has 3 nitrogen and oxygen atoms in total. The van der Waals surface area contributed by atoms with E-state index >= 15 is 0 Å². The van der Waals surface area contributed by atoms with Crippen molar-refractivity contribution in [1.29, 1.82) is 0 Å². The van der Waals surface area contributed by atoms with Gasteiger partial charge in [0, 0.05) is 25.0 Å². The molecule has 0 radical (unpaired) electrons. The average Bonchev–Trinajstić information content (AvgIpc) is 1.98. The number of hydrogen-bond donors (Lipinski definition) is 1. The first-order chi connectivity index (χ1) is 5.93. The zero-order chi connectivity index (χ0) is 10.5. The zero-order valence-electron chi connectivity index (χ0n) is 8.84. The van der Waals surface area contributed by atoms with Crippen molar-refractivity contribution in [3.05, 3.63) is 12.7 Å². The summed E-state index contributed by atoms with van der Waals surface area (Å²) < 4.78 is 0. The molecule has 0 aliphatic carbocycles. The lowest BCUT2D eigenvalue weighted by molar-refractivity contribution is -0.134. The number of amides is 1. The van der Waals surface area contributed by atoms with Gasteiger partial charge in [0.25, 0.3) is 0 Å². The predicted octanol–water partition coefficient (Wildman–Crippen LogP) is 1.15. The Hall–Kier alpha value is -0.830. The Bertz CT molecular complexity index is 182. The topological polar surface area (TPSA) is 46.3 Å². The number of rotatable bonds is 4. The Kier molecular flexibility index (Phi) is 4.70. The summed E-state index contributed by atoms with van der Waals surface area (Å²) in [7, 11) is 0. The third kappa shape index (κ3) is 4.08. The highest BCUT2D eigenvalue weighted by atomic mass is 16.2. The summed E-state index contributed by atoms with van der Waals surface area (Å²) >= 11 is 0. The smallest absolute Gasteiger partial charge is 0.224 e. The predicted molar refractivity (Wildman–Crippen MR) is 55.3 cm³/mol. The minimum atomic E-state index is -0.152. The first-order valence-electron chi connectivity index (χ1n) is 4.55. The monoisotopic (exact) mass is 184 g/mol. The molecule has 0 aromatic heterocycles. The number of carbonyl (C=O) groups is 1. The molecule has 1 amide bonds. The van der Waals surface area contributed by atoms with Crippen LogP contribution in [-0.2, 0) is 4.79 Å². The highest BCUT2D eigenvalue weighted by molar-refractivity contribution is 5.77. The molecule has 0 rings (SSSR count). The van der Waals surface area contributed by atoms with E-state index in [0.717, 1.165) is 0 Å². The standard InChI is InChI=1S/C10H20N2O/c1-5-8-12(10(2,3)4)9(13)6-7-11/h5H,1,6-8,11H2,2-4H3. The van der Waals surface area contributed by atoms with Crippen LogP contribution in [-0.4, -0.2) is 29.4 Å². The minimum absolute atomic E-state index is 0.0925. The number of hydrogen-bond acceptors (Lipinski definition) is 2. The van der Waals surface area contributed by atoms with Crippen molar-refractivity contribution in [2.45, 2.75) is 32.7 Å². The molecule has 0 atom stereocenters. The van der Waals surface area contributed by atoms with Gasteiger partial charge >= 0.3 is 0 Å². The fourth-order valence-corrected chi connectivity index (χ4v) is 1.14. The second kappa shape index (κ2) is 5.02. The van der Waals surface area contributed by atoms with Crippen LogP contribution in [0.3, 0.4) is 0 Å². The van der Waals surface area contributed by atoms with Crippen LogP contribution in [0.5, 0.6) is 0 Å². The van der Waals surface area contributed by atoms with Crippen LogP contribution in [0.15, 0.2) is 12.7 Å². The van der Waals surface area contributed by atoms with Crippen molar-refractivity contribution in [2.24, 2.45) is 5.73 Å². The van der Waals surface area contributed by atoms with Gasteiger partial charge in [-0.05, 0) is 20.8 Å². The van der Waals surface area contributed by atoms with Crippen LogP contribution >= 0.6 is 0 Å². The van der Waals surface area contributed by atoms with Gasteiger partial charge in [0.1, 0.15) is 0 Å². The molecule has 0 aliphatic heterocycles. The first-order valence-corrected chi connectivity index (χ1v) is 4.55. The Morgan fingerprint density at radius 1 is 1.54 bits per heavy atom. The maximum atomic E-state index is 11.6. The summed E-state index contributed by atoms with van der Waals surface area (Å²) in [5.41, 5.74) is 5.18. The zero-order valence-corrected chi connectivity index (χ0v) is 8.84. The van der Waals surface area contributed by atoms with E-state index in [9.17, 15) is 4.79 Å². The van der Waals surface area contributed by atoms with Crippen LogP contribution in [0, 0.1) is 0 Å². The molecule has 0 saturated heterocycles. The number of nitrogens with zero attached hydrogens (tertiary/aromatic N) is 1. The Balaban J connectivity index is 4.41. The summed E-state index contributed by atoms with van der Waals surface area (Å²) in [5, 5.41) is 0.